The molecular weight excluding hydrogens is 496 g/mol. The lowest BCUT2D eigenvalue weighted by atomic mass is 10.1. The summed E-state index contributed by atoms with van der Waals surface area (Å²) >= 11 is 0. The zero-order valence-corrected chi connectivity index (χ0v) is 18.9. The maximum absolute atomic E-state index is 13.5. The van der Waals surface area contributed by atoms with Crippen LogP contribution in [0.5, 0.6) is 0 Å². The molecule has 4 heterocycles. The molecule has 37 heavy (non-hydrogen) atoms. The second kappa shape index (κ2) is 7.06. The minimum atomic E-state index is -4.22. The maximum Gasteiger partial charge on any atom is 0.265 e. The molecule has 0 spiro atoms. The van der Waals surface area contributed by atoms with Crippen molar-refractivity contribution < 1.29 is 18.0 Å². The topological polar surface area (TPSA) is 199 Å². The molecule has 2 aromatic carbocycles. The highest BCUT2D eigenvalue weighted by molar-refractivity contribution is 7.91. The third-order valence-electron chi connectivity index (χ3n) is 6.13. The van der Waals surface area contributed by atoms with Crippen LogP contribution in [-0.4, -0.2) is 39.3 Å². The van der Waals surface area contributed by atoms with Gasteiger partial charge in [-0.25, -0.2) is 27.5 Å². The van der Waals surface area contributed by atoms with Crippen molar-refractivity contribution in [3.05, 3.63) is 70.3 Å². The second-order valence-electron chi connectivity index (χ2n) is 7.91. The molecule has 0 radical (unpaired) electrons. The molecule has 0 fully saturated rings. The Morgan fingerprint density at radius 1 is 0.622 bits per heavy atom. The SMILES string of the molecule is N#Cc1nc2n(c1C#N)C(=O)c1cc(S(=O)(=O)c3ccc4c(c3)-c3nc(C#N)c(C#N)n3C4=O)ccc1-2. The van der Waals surface area contributed by atoms with Crippen LogP contribution in [0.15, 0.2) is 46.2 Å². The highest BCUT2D eigenvalue weighted by atomic mass is 32.2. The molecule has 0 atom stereocenters. The van der Waals surface area contributed by atoms with Crippen molar-refractivity contribution in [1.82, 2.24) is 19.1 Å². The van der Waals surface area contributed by atoms with Gasteiger partial charge >= 0.3 is 0 Å². The Morgan fingerprint density at radius 2 is 1.08 bits per heavy atom. The van der Waals surface area contributed by atoms with Gasteiger partial charge in [-0.2, -0.15) is 21.0 Å². The molecule has 0 unspecified atom stereocenters. The first-order valence-corrected chi connectivity index (χ1v) is 11.7. The molecule has 2 aromatic heterocycles. The number of sulfone groups is 1. The highest BCUT2D eigenvalue weighted by Crippen LogP contribution is 2.38. The number of nitrogens with zero attached hydrogens (tertiary/aromatic N) is 8. The van der Waals surface area contributed by atoms with Crippen LogP contribution in [0.2, 0.25) is 0 Å². The molecule has 0 N–H and O–H groups in total. The maximum atomic E-state index is 13.5. The molecule has 12 nitrogen and oxygen atoms in total. The summed E-state index contributed by atoms with van der Waals surface area (Å²) in [4.78, 5) is 33.4. The van der Waals surface area contributed by atoms with Gasteiger partial charge in [-0.05, 0) is 36.4 Å². The molecule has 0 saturated carbocycles. The van der Waals surface area contributed by atoms with E-state index in [9.17, 15) is 39.1 Å². The minimum Gasteiger partial charge on any atom is -0.268 e. The van der Waals surface area contributed by atoms with Gasteiger partial charge in [-0.1, -0.05) is 0 Å². The molecule has 0 aliphatic carbocycles. The lowest BCUT2D eigenvalue weighted by Gasteiger charge is -2.08. The average molecular weight is 502 g/mol. The Balaban J connectivity index is 1.47. The normalized spacial score (nSPS) is 12.5. The predicted octanol–water partition coefficient (Wildman–Crippen LogP) is 1.74. The summed E-state index contributed by atoms with van der Waals surface area (Å²) in [5, 5.41) is 37.1. The number of fused-ring (bicyclic) bond motifs is 6. The molecule has 0 bridgehead atoms. The number of benzene rings is 2. The van der Waals surface area contributed by atoms with E-state index < -0.39 is 21.7 Å². The van der Waals surface area contributed by atoms with E-state index in [-0.39, 0.29) is 66.5 Å². The average Bonchev–Trinajstić information content (AvgIpc) is 3.62. The molecule has 0 saturated heterocycles. The zero-order chi connectivity index (χ0) is 26.2. The third kappa shape index (κ3) is 2.58. The molecule has 2 aliphatic heterocycles. The van der Waals surface area contributed by atoms with Crippen LogP contribution < -0.4 is 0 Å². The van der Waals surface area contributed by atoms with Gasteiger partial charge in [0.2, 0.25) is 9.84 Å². The van der Waals surface area contributed by atoms with Crippen molar-refractivity contribution >= 4 is 21.7 Å². The molecule has 13 heteroatoms. The van der Waals surface area contributed by atoms with Crippen LogP contribution >= 0.6 is 0 Å². The van der Waals surface area contributed by atoms with E-state index >= 15 is 0 Å². The fourth-order valence-corrected chi connectivity index (χ4v) is 5.77. The first kappa shape index (κ1) is 21.6. The number of hydrogen-bond donors (Lipinski definition) is 0. The number of hydrogen-bond acceptors (Lipinski definition) is 10. The number of aromatic nitrogens is 4. The largest absolute Gasteiger partial charge is 0.268 e. The molecular formula is C24H6N8O4S. The summed E-state index contributed by atoms with van der Waals surface area (Å²) in [6.45, 7) is 0. The smallest absolute Gasteiger partial charge is 0.265 e. The van der Waals surface area contributed by atoms with Crippen LogP contribution in [-0.2, 0) is 9.84 Å². The Morgan fingerprint density at radius 3 is 1.59 bits per heavy atom. The summed E-state index contributed by atoms with van der Waals surface area (Å²) in [5.41, 5.74) is -0.415. The number of carbonyl (C=O) groups excluding carboxylic acids is 2. The first-order chi connectivity index (χ1) is 17.8. The fraction of sp³-hybridized carbons (Fsp3) is 0. The monoisotopic (exact) mass is 502 g/mol. The molecule has 4 aromatic rings. The predicted molar refractivity (Wildman–Crippen MR) is 119 cm³/mol. The molecule has 0 amide bonds. The van der Waals surface area contributed by atoms with Crippen LogP contribution in [0.4, 0.5) is 0 Å². The van der Waals surface area contributed by atoms with Gasteiger partial charge in [-0.15, -0.1) is 0 Å². The van der Waals surface area contributed by atoms with Gasteiger partial charge < -0.3 is 0 Å². The lowest BCUT2D eigenvalue weighted by Crippen LogP contribution is -2.10. The van der Waals surface area contributed by atoms with Gasteiger partial charge in [0.15, 0.2) is 34.4 Å². The van der Waals surface area contributed by atoms with Gasteiger partial charge in [0.1, 0.15) is 24.3 Å². The van der Waals surface area contributed by atoms with E-state index in [0.717, 1.165) is 15.2 Å². The van der Waals surface area contributed by atoms with Gasteiger partial charge in [0.05, 0.1) is 20.9 Å². The summed E-state index contributed by atoms with van der Waals surface area (Å²) < 4.78 is 29.0. The van der Waals surface area contributed by atoms with Crippen molar-refractivity contribution in [2.45, 2.75) is 9.79 Å². The Bertz CT molecular complexity index is 2090. The number of nitriles is 4. The van der Waals surface area contributed by atoms with E-state index in [4.69, 9.17) is 0 Å². The van der Waals surface area contributed by atoms with Crippen LogP contribution in [0.25, 0.3) is 22.8 Å². The van der Waals surface area contributed by atoms with Crippen LogP contribution in [0.1, 0.15) is 43.5 Å². The summed E-state index contributed by atoms with van der Waals surface area (Å²) in [6, 6.07) is 14.6. The summed E-state index contributed by atoms with van der Waals surface area (Å²) in [5.74, 6) is -1.25. The van der Waals surface area contributed by atoms with Crippen LogP contribution in [0, 0.1) is 45.3 Å². The van der Waals surface area contributed by atoms with Crippen molar-refractivity contribution in [3.8, 4) is 47.1 Å². The van der Waals surface area contributed by atoms with Gasteiger partial charge in [0, 0.05) is 11.1 Å². The van der Waals surface area contributed by atoms with Crippen molar-refractivity contribution in [3.63, 3.8) is 0 Å². The van der Waals surface area contributed by atoms with Crippen LogP contribution in [0.3, 0.4) is 0 Å². The van der Waals surface area contributed by atoms with E-state index in [2.05, 4.69) is 9.97 Å². The summed E-state index contributed by atoms with van der Waals surface area (Å²) in [6.07, 6.45) is 0. The Hall–Kier alpha value is -5.89. The molecule has 2 aliphatic rings. The zero-order valence-electron chi connectivity index (χ0n) is 18.1. The van der Waals surface area contributed by atoms with Crippen molar-refractivity contribution in [2.75, 3.05) is 0 Å². The molecule has 172 valence electrons. The third-order valence-corrected chi connectivity index (χ3v) is 7.88. The lowest BCUT2D eigenvalue weighted by molar-refractivity contribution is 0.0960. The standard InChI is InChI=1S/C24H6N8O4S/c25-7-17-19(9-27)31-21(29-17)13-3-1-12(6-16(13)24(31)34)37(35,36)11-2-4-14-15(5-11)22-30-18(8-26)20(10-28)32(22)23(14)33/h1-6H. The first-order valence-electron chi connectivity index (χ1n) is 10.3. The van der Waals surface area contributed by atoms with E-state index in [0.29, 0.717) is 0 Å². The van der Waals surface area contributed by atoms with E-state index in [1.807, 2.05) is 0 Å². The number of imidazole rings is 2. The highest BCUT2D eigenvalue weighted by Gasteiger charge is 2.36. The molecule has 6 rings (SSSR count). The van der Waals surface area contributed by atoms with E-state index in [1.54, 1.807) is 24.3 Å². The van der Waals surface area contributed by atoms with Crippen molar-refractivity contribution in [2.24, 2.45) is 0 Å². The Kier molecular flexibility index (Phi) is 4.13. The quantitative estimate of drug-likeness (QED) is 0.336. The fourth-order valence-electron chi connectivity index (χ4n) is 4.46. The number of rotatable bonds is 2. The minimum absolute atomic E-state index is 0.00577. The second-order valence-corrected chi connectivity index (χ2v) is 9.86. The Labute approximate surface area is 207 Å². The van der Waals surface area contributed by atoms with Crippen molar-refractivity contribution in [1.29, 1.82) is 21.0 Å². The summed E-state index contributed by atoms with van der Waals surface area (Å²) in [7, 11) is -4.22. The van der Waals surface area contributed by atoms with Gasteiger partial charge in [-0.3, -0.25) is 9.59 Å². The van der Waals surface area contributed by atoms with Gasteiger partial charge in [0.25, 0.3) is 11.8 Å². The van der Waals surface area contributed by atoms with E-state index in [1.165, 1.54) is 30.3 Å². The number of carbonyl (C=O) groups is 2.